The number of hydrogen-bond acceptors (Lipinski definition) is 4. The molecule has 0 saturated carbocycles. The Hall–Kier alpha value is -2.86. The maximum atomic E-state index is 12.5. The van der Waals surface area contributed by atoms with Gasteiger partial charge >= 0.3 is 6.09 Å². The van der Waals surface area contributed by atoms with E-state index in [1.165, 1.54) is 0 Å². The molecular formula is C37H75N3O3. The number of carbonyl (C=O) groups excluding carboxylic acids is 2. The van der Waals surface area contributed by atoms with Crippen LogP contribution in [0, 0.1) is 0 Å². The monoisotopic (exact) mass is 610 g/mol. The highest BCUT2D eigenvalue weighted by Gasteiger charge is 2.23. The first kappa shape index (κ1) is 56.0. The molecule has 0 spiro atoms. The van der Waals surface area contributed by atoms with Crippen molar-refractivity contribution in [1.82, 2.24) is 9.80 Å². The molecule has 0 bridgehead atoms. The van der Waals surface area contributed by atoms with Gasteiger partial charge in [-0.2, -0.15) is 0 Å². The van der Waals surface area contributed by atoms with Gasteiger partial charge in [0.05, 0.1) is 5.69 Å². The fourth-order valence-corrected chi connectivity index (χ4v) is 3.91. The van der Waals surface area contributed by atoms with E-state index in [0.29, 0.717) is 6.42 Å². The number of anilines is 1. The third kappa shape index (κ3) is 21.5. The van der Waals surface area contributed by atoms with Crippen LogP contribution < -0.4 is 5.32 Å². The normalized spacial score (nSPS) is 11.1. The van der Waals surface area contributed by atoms with Gasteiger partial charge in [0.2, 0.25) is 5.91 Å². The molecule has 1 heterocycles. The zero-order valence-electron chi connectivity index (χ0n) is 24.5. The molecule has 3 rings (SSSR count). The van der Waals surface area contributed by atoms with E-state index in [4.69, 9.17) is 4.74 Å². The van der Waals surface area contributed by atoms with Crippen LogP contribution in [0.2, 0.25) is 0 Å². The minimum absolute atomic E-state index is 0. The van der Waals surface area contributed by atoms with E-state index < -0.39 is 6.09 Å². The number of hydrogen-bond donors (Lipinski definition) is 1. The molecule has 43 heavy (non-hydrogen) atoms. The molecule has 0 atom stereocenters. The molecule has 256 valence electrons. The Labute approximate surface area is 270 Å². The molecule has 1 N–H and O–H groups in total. The Kier molecular flexibility index (Phi) is 46.0. The second kappa shape index (κ2) is 35.3. The predicted molar refractivity (Wildman–Crippen MR) is 198 cm³/mol. The molecule has 1 aliphatic rings. The van der Waals surface area contributed by atoms with E-state index in [1.54, 1.807) is 4.90 Å². The number of nitrogens with zero attached hydrogens (tertiary/aromatic N) is 2. The van der Waals surface area contributed by atoms with Crippen molar-refractivity contribution in [3.05, 3.63) is 54.6 Å². The van der Waals surface area contributed by atoms with Gasteiger partial charge < -0.3 is 14.5 Å². The highest BCUT2D eigenvalue weighted by Crippen LogP contribution is 2.28. The topological polar surface area (TPSA) is 61.9 Å². The fraction of sp³-hybridized carbons (Fsp3) is 0.622. The maximum absolute atomic E-state index is 12.5. The third-order valence-electron chi connectivity index (χ3n) is 5.68. The average molecular weight is 610 g/mol. The Morgan fingerprint density at radius 2 is 1.30 bits per heavy atom. The molecule has 0 unspecified atom stereocenters. The summed E-state index contributed by atoms with van der Waals surface area (Å²) < 4.78 is 5.68. The van der Waals surface area contributed by atoms with Crippen LogP contribution in [-0.2, 0) is 9.53 Å². The van der Waals surface area contributed by atoms with E-state index >= 15 is 0 Å². The number of para-hydroxylation sites is 1. The van der Waals surface area contributed by atoms with Crippen LogP contribution in [0.4, 0.5) is 10.5 Å². The van der Waals surface area contributed by atoms with E-state index in [0.717, 1.165) is 62.3 Å². The van der Waals surface area contributed by atoms with Gasteiger partial charge in [-0.15, -0.1) is 0 Å². The molecule has 1 aliphatic heterocycles. The van der Waals surface area contributed by atoms with Crippen molar-refractivity contribution in [2.75, 3.05) is 38.5 Å². The van der Waals surface area contributed by atoms with Crippen LogP contribution in [0.5, 0.6) is 0 Å². The van der Waals surface area contributed by atoms with E-state index in [1.807, 2.05) is 103 Å². The molecule has 1 saturated heterocycles. The molecule has 6 nitrogen and oxygen atoms in total. The second-order valence-corrected chi connectivity index (χ2v) is 8.05. The maximum Gasteiger partial charge on any atom is 0.411 e. The standard InChI is InChI=1S/C25H33N3O3.3C2H6.6CH4/c1-3-16-27(2)24(29)15-19-28-17-13-21(14-18-28)31-25(30)26-23-12-8-7-11-22(23)20-9-5-4-6-10-20;3*1-2;;;;;;/h4-12,21H,3,13-19H2,1-2H3,(H,26,30);3*1-2H3;6*1H4. The highest BCUT2D eigenvalue weighted by molar-refractivity contribution is 5.91. The van der Waals surface area contributed by atoms with Crippen molar-refractivity contribution >= 4 is 17.7 Å². The molecule has 0 radical (unpaired) electrons. The van der Waals surface area contributed by atoms with E-state index in [2.05, 4.69) is 17.1 Å². The predicted octanol–water partition coefficient (Wildman–Crippen LogP) is 11.5. The van der Waals surface area contributed by atoms with Gasteiger partial charge in [-0.3, -0.25) is 10.1 Å². The van der Waals surface area contributed by atoms with E-state index in [9.17, 15) is 9.59 Å². The van der Waals surface area contributed by atoms with Gasteiger partial charge in [0.15, 0.2) is 0 Å². The number of ether oxygens (including phenoxy) is 1. The Morgan fingerprint density at radius 1 is 0.814 bits per heavy atom. The Bertz CT molecular complexity index is 851. The first-order chi connectivity index (χ1) is 18.1. The smallest absolute Gasteiger partial charge is 0.411 e. The summed E-state index contributed by atoms with van der Waals surface area (Å²) in [6, 6.07) is 17.7. The van der Waals surface area contributed by atoms with Crippen LogP contribution in [0.15, 0.2) is 54.6 Å². The molecule has 2 amide bonds. The number of carbonyl (C=O) groups is 2. The number of likely N-dealkylation sites (tertiary alicyclic amines) is 1. The van der Waals surface area contributed by atoms with Crippen LogP contribution in [0.1, 0.15) is 119 Å². The molecule has 0 aromatic heterocycles. The average Bonchev–Trinajstić information content (AvgIpc) is 2.96. The lowest BCUT2D eigenvalue weighted by atomic mass is 10.0. The molecule has 2 aromatic rings. The van der Waals surface area contributed by atoms with Gasteiger partial charge in [-0.05, 0) is 30.9 Å². The lowest BCUT2D eigenvalue weighted by molar-refractivity contribution is -0.130. The number of rotatable bonds is 8. The van der Waals surface area contributed by atoms with Crippen LogP contribution in [0.3, 0.4) is 0 Å². The lowest BCUT2D eigenvalue weighted by Crippen LogP contribution is -2.40. The second-order valence-electron chi connectivity index (χ2n) is 8.05. The highest BCUT2D eigenvalue weighted by atomic mass is 16.6. The van der Waals surface area contributed by atoms with Gasteiger partial charge in [0.25, 0.3) is 0 Å². The number of piperidine rings is 1. The van der Waals surface area contributed by atoms with Gasteiger partial charge in [-0.25, -0.2) is 4.79 Å². The summed E-state index contributed by atoms with van der Waals surface area (Å²) in [5.41, 5.74) is 2.75. The summed E-state index contributed by atoms with van der Waals surface area (Å²) in [6.45, 7) is 17.3. The summed E-state index contributed by atoms with van der Waals surface area (Å²) >= 11 is 0. The molecule has 0 aliphatic carbocycles. The molecule has 2 aromatic carbocycles. The van der Waals surface area contributed by atoms with Crippen molar-refractivity contribution in [1.29, 1.82) is 0 Å². The van der Waals surface area contributed by atoms with Crippen molar-refractivity contribution < 1.29 is 14.3 Å². The Balaban J connectivity index is -0.000000203. The summed E-state index contributed by atoms with van der Waals surface area (Å²) in [6.07, 6.45) is 2.57. The summed E-state index contributed by atoms with van der Waals surface area (Å²) in [5.74, 6) is 0.191. The zero-order chi connectivity index (χ0) is 28.1. The quantitative estimate of drug-likeness (QED) is 0.323. The van der Waals surface area contributed by atoms with Crippen molar-refractivity contribution in [3.8, 4) is 11.1 Å². The number of nitrogens with one attached hydrogen (secondary N) is 1. The van der Waals surface area contributed by atoms with Gasteiger partial charge in [0.1, 0.15) is 6.10 Å². The van der Waals surface area contributed by atoms with Crippen molar-refractivity contribution in [3.63, 3.8) is 0 Å². The first-order valence-electron chi connectivity index (χ1n) is 14.1. The van der Waals surface area contributed by atoms with Crippen molar-refractivity contribution in [2.45, 2.75) is 125 Å². The minimum atomic E-state index is -0.418. The number of benzene rings is 2. The molecule has 1 fully saturated rings. The number of amides is 2. The first-order valence-corrected chi connectivity index (χ1v) is 14.1. The largest absolute Gasteiger partial charge is 0.446 e. The summed E-state index contributed by atoms with van der Waals surface area (Å²) in [5, 5.41) is 2.91. The third-order valence-corrected chi connectivity index (χ3v) is 5.68. The summed E-state index contributed by atoms with van der Waals surface area (Å²) in [4.78, 5) is 28.7. The van der Waals surface area contributed by atoms with Crippen LogP contribution >= 0.6 is 0 Å². The van der Waals surface area contributed by atoms with Crippen molar-refractivity contribution in [2.24, 2.45) is 0 Å². The molecular weight excluding hydrogens is 534 g/mol. The van der Waals surface area contributed by atoms with Crippen LogP contribution in [0.25, 0.3) is 11.1 Å². The van der Waals surface area contributed by atoms with Gasteiger partial charge in [0, 0.05) is 45.2 Å². The summed E-state index contributed by atoms with van der Waals surface area (Å²) in [7, 11) is 1.86. The lowest BCUT2D eigenvalue weighted by Gasteiger charge is -2.31. The fourth-order valence-electron chi connectivity index (χ4n) is 3.91. The SMILES string of the molecule is C.C.C.C.C.C.CC.CC.CC.CCCN(C)C(=O)CCN1CCC(OC(=O)Nc2ccccc2-c2ccccc2)CC1. The van der Waals surface area contributed by atoms with Gasteiger partial charge in [-0.1, -0.05) is 142 Å². The molecule has 6 heteroatoms. The zero-order valence-corrected chi connectivity index (χ0v) is 24.5. The van der Waals surface area contributed by atoms with E-state index in [-0.39, 0.29) is 56.6 Å². The van der Waals surface area contributed by atoms with Crippen LogP contribution in [-0.4, -0.2) is 61.1 Å². The Morgan fingerprint density at radius 3 is 1.81 bits per heavy atom. The minimum Gasteiger partial charge on any atom is -0.446 e.